The molecule has 1 N–H and O–H groups in total. The first-order valence-electron chi connectivity index (χ1n) is 9.27. The number of anilines is 1. The molecule has 0 unspecified atom stereocenters. The number of carbonyl (C=O) groups excluding carboxylic acids is 1. The predicted octanol–water partition coefficient (Wildman–Crippen LogP) is 4.87. The normalized spacial score (nSPS) is 10.6. The van der Waals surface area contributed by atoms with E-state index in [1.54, 1.807) is 18.2 Å². The lowest BCUT2D eigenvalue weighted by Crippen LogP contribution is -2.20. The quantitative estimate of drug-likeness (QED) is 0.497. The molecule has 4 rings (SSSR count). The number of amides is 1. The number of nitrogens with zero attached hydrogens (tertiary/aromatic N) is 2. The van der Waals surface area contributed by atoms with Crippen LogP contribution in [0, 0.1) is 12.7 Å². The first kappa shape index (κ1) is 19.3. The molecule has 0 atom stereocenters. The summed E-state index contributed by atoms with van der Waals surface area (Å²) in [5, 5.41) is 6.70. The van der Waals surface area contributed by atoms with Gasteiger partial charge in [0, 0.05) is 11.3 Å². The van der Waals surface area contributed by atoms with Crippen molar-refractivity contribution in [3.63, 3.8) is 0 Å². The standard InChI is InChI=1S/C23H18FN3O3/c1-15-5-4-6-16(13-15)22-26-23(30-27-22)19-7-2-3-8-20(19)29-14-21(28)25-18-11-9-17(24)10-12-18/h2-13H,14H2,1H3,(H,25,28). The zero-order valence-electron chi connectivity index (χ0n) is 16.1. The van der Waals surface area contributed by atoms with E-state index >= 15 is 0 Å². The lowest BCUT2D eigenvalue weighted by Gasteiger charge is -2.09. The van der Waals surface area contributed by atoms with Gasteiger partial charge in [-0.15, -0.1) is 0 Å². The number of halogens is 1. The highest BCUT2D eigenvalue weighted by atomic mass is 19.1. The molecular formula is C23H18FN3O3. The van der Waals surface area contributed by atoms with Crippen molar-refractivity contribution in [2.24, 2.45) is 0 Å². The van der Waals surface area contributed by atoms with Crippen molar-refractivity contribution in [1.29, 1.82) is 0 Å². The van der Waals surface area contributed by atoms with Crippen molar-refractivity contribution >= 4 is 11.6 Å². The average Bonchev–Trinajstić information content (AvgIpc) is 3.24. The molecule has 6 nitrogen and oxygen atoms in total. The van der Waals surface area contributed by atoms with Crippen LogP contribution in [0.3, 0.4) is 0 Å². The minimum absolute atomic E-state index is 0.229. The van der Waals surface area contributed by atoms with Gasteiger partial charge in [0.15, 0.2) is 6.61 Å². The third-order valence-electron chi connectivity index (χ3n) is 4.31. The Bertz CT molecular complexity index is 1170. The number of aromatic nitrogens is 2. The van der Waals surface area contributed by atoms with Crippen molar-refractivity contribution in [3.05, 3.63) is 84.2 Å². The Hall–Kier alpha value is -4.00. The van der Waals surface area contributed by atoms with E-state index in [9.17, 15) is 9.18 Å². The van der Waals surface area contributed by atoms with Crippen LogP contribution in [0.25, 0.3) is 22.8 Å². The Balaban J connectivity index is 1.48. The minimum Gasteiger partial charge on any atom is -0.483 e. The van der Waals surface area contributed by atoms with E-state index in [4.69, 9.17) is 9.26 Å². The summed E-state index contributed by atoms with van der Waals surface area (Å²) in [4.78, 5) is 16.6. The fourth-order valence-corrected chi connectivity index (χ4v) is 2.88. The highest BCUT2D eigenvalue weighted by Crippen LogP contribution is 2.30. The van der Waals surface area contributed by atoms with E-state index < -0.39 is 0 Å². The van der Waals surface area contributed by atoms with Gasteiger partial charge in [-0.05, 0) is 49.4 Å². The zero-order chi connectivity index (χ0) is 20.9. The molecule has 7 heteroatoms. The highest BCUT2D eigenvalue weighted by molar-refractivity contribution is 5.91. The maximum atomic E-state index is 13.0. The summed E-state index contributed by atoms with van der Waals surface area (Å²) >= 11 is 0. The lowest BCUT2D eigenvalue weighted by molar-refractivity contribution is -0.118. The van der Waals surface area contributed by atoms with Crippen molar-refractivity contribution in [2.75, 3.05) is 11.9 Å². The van der Waals surface area contributed by atoms with Gasteiger partial charge < -0.3 is 14.6 Å². The Morgan fingerprint density at radius 3 is 2.67 bits per heavy atom. The van der Waals surface area contributed by atoms with Crippen molar-refractivity contribution in [2.45, 2.75) is 6.92 Å². The van der Waals surface area contributed by atoms with Gasteiger partial charge in [0.1, 0.15) is 11.6 Å². The van der Waals surface area contributed by atoms with E-state index in [1.807, 2.05) is 37.3 Å². The van der Waals surface area contributed by atoms with E-state index in [1.165, 1.54) is 24.3 Å². The number of benzene rings is 3. The molecule has 0 radical (unpaired) electrons. The van der Waals surface area contributed by atoms with Crippen LogP contribution in [0.2, 0.25) is 0 Å². The number of hydrogen-bond acceptors (Lipinski definition) is 5. The maximum Gasteiger partial charge on any atom is 0.262 e. The molecule has 0 fully saturated rings. The summed E-state index contributed by atoms with van der Waals surface area (Å²) in [7, 11) is 0. The Morgan fingerprint density at radius 1 is 1.07 bits per heavy atom. The second kappa shape index (κ2) is 8.57. The number of ether oxygens (including phenoxy) is 1. The molecule has 30 heavy (non-hydrogen) atoms. The van der Waals surface area contributed by atoms with Crippen LogP contribution in [-0.4, -0.2) is 22.7 Å². The summed E-state index contributed by atoms with van der Waals surface area (Å²) in [5.74, 6) is 0.454. The van der Waals surface area contributed by atoms with E-state index in [-0.39, 0.29) is 18.3 Å². The van der Waals surface area contributed by atoms with Gasteiger partial charge in [0.2, 0.25) is 5.82 Å². The molecule has 1 amide bonds. The molecule has 0 aliphatic carbocycles. The molecular weight excluding hydrogens is 385 g/mol. The Kier molecular flexibility index (Phi) is 5.52. The van der Waals surface area contributed by atoms with Gasteiger partial charge >= 0.3 is 0 Å². The summed E-state index contributed by atoms with van der Waals surface area (Å²) in [5.41, 5.74) is 3.01. The largest absolute Gasteiger partial charge is 0.483 e. The van der Waals surface area contributed by atoms with Crippen LogP contribution in [0.15, 0.2) is 77.3 Å². The minimum atomic E-state index is -0.373. The summed E-state index contributed by atoms with van der Waals surface area (Å²) < 4.78 is 24.1. The highest BCUT2D eigenvalue weighted by Gasteiger charge is 2.16. The van der Waals surface area contributed by atoms with Gasteiger partial charge in [-0.25, -0.2) is 4.39 Å². The second-order valence-corrected chi connectivity index (χ2v) is 6.63. The number of hydrogen-bond donors (Lipinski definition) is 1. The van der Waals surface area contributed by atoms with Crippen LogP contribution < -0.4 is 10.1 Å². The molecule has 4 aromatic rings. The predicted molar refractivity (Wildman–Crippen MR) is 110 cm³/mol. The van der Waals surface area contributed by atoms with Gasteiger partial charge in [0.25, 0.3) is 11.8 Å². The lowest BCUT2D eigenvalue weighted by atomic mass is 10.1. The molecule has 0 spiro atoms. The van der Waals surface area contributed by atoms with E-state index in [0.29, 0.717) is 28.7 Å². The Labute approximate surface area is 172 Å². The van der Waals surface area contributed by atoms with Crippen molar-refractivity contribution < 1.29 is 18.4 Å². The van der Waals surface area contributed by atoms with Crippen LogP contribution in [0.1, 0.15) is 5.56 Å². The molecule has 150 valence electrons. The first-order valence-corrected chi connectivity index (χ1v) is 9.27. The van der Waals surface area contributed by atoms with E-state index in [2.05, 4.69) is 15.5 Å². The number of rotatable bonds is 6. The van der Waals surface area contributed by atoms with Crippen molar-refractivity contribution in [1.82, 2.24) is 10.1 Å². The molecule has 1 heterocycles. The number of para-hydroxylation sites is 1. The fraction of sp³-hybridized carbons (Fsp3) is 0.0870. The summed E-state index contributed by atoms with van der Waals surface area (Å²) in [6.45, 7) is 1.76. The third-order valence-corrected chi connectivity index (χ3v) is 4.31. The Morgan fingerprint density at radius 2 is 1.87 bits per heavy atom. The van der Waals surface area contributed by atoms with Crippen LogP contribution in [0.5, 0.6) is 5.75 Å². The average molecular weight is 403 g/mol. The summed E-state index contributed by atoms with van der Waals surface area (Å²) in [6, 6.07) is 20.4. The van der Waals surface area contributed by atoms with Gasteiger partial charge in [-0.1, -0.05) is 41.1 Å². The molecule has 0 saturated heterocycles. The fourth-order valence-electron chi connectivity index (χ4n) is 2.88. The van der Waals surface area contributed by atoms with Crippen LogP contribution >= 0.6 is 0 Å². The number of aryl methyl sites for hydroxylation is 1. The molecule has 0 aliphatic heterocycles. The first-order chi connectivity index (χ1) is 14.6. The monoisotopic (exact) mass is 403 g/mol. The molecule has 1 aromatic heterocycles. The summed E-state index contributed by atoms with van der Waals surface area (Å²) in [6.07, 6.45) is 0. The molecule has 3 aromatic carbocycles. The van der Waals surface area contributed by atoms with Gasteiger partial charge in [-0.2, -0.15) is 4.98 Å². The van der Waals surface area contributed by atoms with E-state index in [0.717, 1.165) is 11.1 Å². The maximum absolute atomic E-state index is 13.0. The third kappa shape index (κ3) is 4.52. The topological polar surface area (TPSA) is 77.2 Å². The van der Waals surface area contributed by atoms with Crippen LogP contribution in [-0.2, 0) is 4.79 Å². The van der Waals surface area contributed by atoms with Gasteiger partial charge in [-0.3, -0.25) is 4.79 Å². The molecule has 0 bridgehead atoms. The number of carbonyl (C=O) groups is 1. The molecule has 0 aliphatic rings. The second-order valence-electron chi connectivity index (χ2n) is 6.63. The SMILES string of the molecule is Cc1cccc(-c2noc(-c3ccccc3OCC(=O)Nc3ccc(F)cc3)n2)c1. The molecule has 0 saturated carbocycles. The number of nitrogens with one attached hydrogen (secondary N) is 1. The van der Waals surface area contributed by atoms with Gasteiger partial charge in [0.05, 0.1) is 5.56 Å². The van der Waals surface area contributed by atoms with Crippen molar-refractivity contribution in [3.8, 4) is 28.6 Å². The smallest absolute Gasteiger partial charge is 0.262 e. The van der Waals surface area contributed by atoms with Crippen LogP contribution in [0.4, 0.5) is 10.1 Å². The zero-order valence-corrected chi connectivity index (χ0v) is 16.1.